The van der Waals surface area contributed by atoms with Crippen LogP contribution in [0.15, 0.2) is 0 Å². The number of rotatable bonds is 6. The summed E-state index contributed by atoms with van der Waals surface area (Å²) in [4.78, 5) is 14.8. The van der Waals surface area contributed by atoms with Crippen LogP contribution in [0.5, 0.6) is 0 Å². The summed E-state index contributed by atoms with van der Waals surface area (Å²) in [5.41, 5.74) is 0.189. The maximum absolute atomic E-state index is 12.7. The van der Waals surface area contributed by atoms with Crippen LogP contribution in [0.3, 0.4) is 0 Å². The highest BCUT2D eigenvalue weighted by atomic mass is 16.2. The molecule has 1 saturated heterocycles. The Hall–Kier alpha value is -0.570. The molecule has 3 nitrogen and oxygen atoms in total. The van der Waals surface area contributed by atoms with Gasteiger partial charge < -0.3 is 4.90 Å². The Kier molecular flexibility index (Phi) is 5.43. The second kappa shape index (κ2) is 6.25. The first-order valence-corrected chi connectivity index (χ1v) is 7.80. The van der Waals surface area contributed by atoms with Gasteiger partial charge in [-0.1, -0.05) is 54.9 Å². The third-order valence-corrected chi connectivity index (χ3v) is 4.64. The van der Waals surface area contributed by atoms with Crippen LogP contribution < -0.4 is 5.32 Å². The van der Waals surface area contributed by atoms with Crippen LogP contribution in [0.4, 0.5) is 0 Å². The van der Waals surface area contributed by atoms with Gasteiger partial charge in [-0.05, 0) is 23.7 Å². The minimum Gasteiger partial charge on any atom is -0.325 e. The van der Waals surface area contributed by atoms with E-state index in [9.17, 15) is 4.79 Å². The maximum Gasteiger partial charge on any atom is 0.241 e. The van der Waals surface area contributed by atoms with E-state index >= 15 is 0 Å². The lowest BCUT2D eigenvalue weighted by atomic mass is 9.89. The molecule has 3 unspecified atom stereocenters. The van der Waals surface area contributed by atoms with E-state index in [1.54, 1.807) is 0 Å². The number of hydrogen-bond donors (Lipinski definition) is 1. The van der Waals surface area contributed by atoms with Crippen molar-refractivity contribution in [3.05, 3.63) is 0 Å². The van der Waals surface area contributed by atoms with Crippen molar-refractivity contribution in [2.24, 2.45) is 17.3 Å². The second-order valence-electron chi connectivity index (χ2n) is 7.20. The van der Waals surface area contributed by atoms with Gasteiger partial charge in [-0.25, -0.2) is 0 Å². The summed E-state index contributed by atoms with van der Waals surface area (Å²) in [7, 11) is 0. The van der Waals surface area contributed by atoms with Gasteiger partial charge in [0.05, 0.1) is 12.2 Å². The molecular formula is C16H32N2O. The van der Waals surface area contributed by atoms with Crippen molar-refractivity contribution in [1.29, 1.82) is 0 Å². The van der Waals surface area contributed by atoms with Crippen LogP contribution in [-0.2, 0) is 4.79 Å². The van der Waals surface area contributed by atoms with Crippen molar-refractivity contribution in [1.82, 2.24) is 10.2 Å². The fourth-order valence-electron chi connectivity index (χ4n) is 2.61. The molecule has 3 heteroatoms. The van der Waals surface area contributed by atoms with Gasteiger partial charge in [0.1, 0.15) is 0 Å². The lowest BCUT2D eigenvalue weighted by Crippen LogP contribution is -2.45. The first-order valence-electron chi connectivity index (χ1n) is 7.80. The first kappa shape index (κ1) is 16.5. The molecule has 19 heavy (non-hydrogen) atoms. The summed E-state index contributed by atoms with van der Waals surface area (Å²) >= 11 is 0. The highest BCUT2D eigenvalue weighted by Crippen LogP contribution is 2.29. The fraction of sp³-hybridized carbons (Fsp3) is 0.938. The van der Waals surface area contributed by atoms with Crippen molar-refractivity contribution in [2.45, 2.75) is 73.5 Å². The highest BCUT2D eigenvalue weighted by Gasteiger charge is 2.43. The zero-order chi connectivity index (χ0) is 14.8. The molecule has 0 spiro atoms. The van der Waals surface area contributed by atoms with Gasteiger partial charge >= 0.3 is 0 Å². The standard InChI is InChI=1S/C16H32N2O/c1-8-12(5)13-15(19)18(10-16(6,7)9-2)14(17-13)11(3)4/h11-14,17H,8-10H2,1-7H3. The van der Waals surface area contributed by atoms with E-state index < -0.39 is 0 Å². The van der Waals surface area contributed by atoms with E-state index in [1.165, 1.54) is 0 Å². The highest BCUT2D eigenvalue weighted by molar-refractivity contribution is 5.84. The summed E-state index contributed by atoms with van der Waals surface area (Å²) in [5, 5.41) is 3.56. The van der Waals surface area contributed by atoms with E-state index in [2.05, 4.69) is 58.7 Å². The summed E-state index contributed by atoms with van der Waals surface area (Å²) < 4.78 is 0. The topological polar surface area (TPSA) is 32.3 Å². The van der Waals surface area contributed by atoms with Crippen molar-refractivity contribution >= 4 is 5.91 Å². The summed E-state index contributed by atoms with van der Waals surface area (Å²) in [6.07, 6.45) is 2.33. The average Bonchev–Trinajstić information content (AvgIpc) is 2.66. The van der Waals surface area contributed by atoms with Crippen molar-refractivity contribution in [3.8, 4) is 0 Å². The van der Waals surface area contributed by atoms with E-state index in [4.69, 9.17) is 0 Å². The van der Waals surface area contributed by atoms with Crippen LogP contribution in [0.25, 0.3) is 0 Å². The largest absolute Gasteiger partial charge is 0.325 e. The van der Waals surface area contributed by atoms with Crippen molar-refractivity contribution < 1.29 is 4.79 Å². The predicted octanol–water partition coefficient (Wildman–Crippen LogP) is 3.25. The molecular weight excluding hydrogens is 236 g/mol. The number of hydrogen-bond acceptors (Lipinski definition) is 2. The van der Waals surface area contributed by atoms with Crippen LogP contribution in [0, 0.1) is 17.3 Å². The summed E-state index contributed by atoms with van der Waals surface area (Å²) in [5.74, 6) is 1.16. The Labute approximate surface area is 119 Å². The molecule has 1 N–H and O–H groups in total. The molecule has 1 amide bonds. The fourth-order valence-corrected chi connectivity index (χ4v) is 2.61. The molecule has 1 heterocycles. The van der Waals surface area contributed by atoms with Gasteiger partial charge in [-0.15, -0.1) is 0 Å². The molecule has 1 rings (SSSR count). The lowest BCUT2D eigenvalue weighted by Gasteiger charge is -2.34. The molecule has 0 aromatic carbocycles. The Morgan fingerprint density at radius 2 is 1.84 bits per heavy atom. The molecule has 0 aromatic heterocycles. The van der Waals surface area contributed by atoms with Gasteiger partial charge in [0.2, 0.25) is 5.91 Å². The number of carbonyl (C=O) groups is 1. The minimum absolute atomic E-state index is 0.00468. The molecule has 0 saturated carbocycles. The maximum atomic E-state index is 12.7. The number of nitrogens with one attached hydrogen (secondary N) is 1. The smallest absolute Gasteiger partial charge is 0.241 e. The minimum atomic E-state index is 0.00468. The molecule has 0 radical (unpaired) electrons. The zero-order valence-electron chi connectivity index (χ0n) is 13.8. The SMILES string of the molecule is CCC(C)C1NC(C(C)C)N(CC(C)(C)CC)C1=O. The molecule has 1 aliphatic rings. The van der Waals surface area contributed by atoms with Gasteiger partial charge in [0.25, 0.3) is 0 Å². The molecule has 1 fully saturated rings. The van der Waals surface area contributed by atoms with E-state index in [-0.39, 0.29) is 17.6 Å². The Morgan fingerprint density at radius 1 is 1.26 bits per heavy atom. The number of nitrogens with zero attached hydrogens (tertiary/aromatic N) is 1. The molecule has 112 valence electrons. The first-order chi connectivity index (χ1) is 8.73. The van der Waals surface area contributed by atoms with Gasteiger partial charge in [0, 0.05) is 6.54 Å². The third kappa shape index (κ3) is 3.71. The Bertz CT molecular complexity index is 312. The molecule has 1 aliphatic heterocycles. The number of carbonyl (C=O) groups excluding carboxylic acids is 1. The molecule has 0 aliphatic carbocycles. The average molecular weight is 268 g/mol. The second-order valence-corrected chi connectivity index (χ2v) is 7.20. The van der Waals surface area contributed by atoms with Crippen LogP contribution in [0.1, 0.15) is 61.3 Å². The van der Waals surface area contributed by atoms with Crippen molar-refractivity contribution in [2.75, 3.05) is 6.54 Å². The summed E-state index contributed by atoms with van der Waals surface area (Å²) in [6, 6.07) is 0.00468. The van der Waals surface area contributed by atoms with Crippen LogP contribution >= 0.6 is 0 Å². The van der Waals surface area contributed by atoms with E-state index in [1.807, 2.05) is 0 Å². The van der Waals surface area contributed by atoms with E-state index in [0.717, 1.165) is 19.4 Å². The Balaban J connectivity index is 2.89. The quantitative estimate of drug-likeness (QED) is 0.802. The van der Waals surface area contributed by atoms with Crippen molar-refractivity contribution in [3.63, 3.8) is 0 Å². The normalized spacial score (nSPS) is 26.3. The lowest BCUT2D eigenvalue weighted by molar-refractivity contribution is -0.132. The van der Waals surface area contributed by atoms with Gasteiger partial charge in [0.15, 0.2) is 0 Å². The van der Waals surface area contributed by atoms with Gasteiger partial charge in [-0.2, -0.15) is 0 Å². The molecule has 0 aromatic rings. The predicted molar refractivity (Wildman–Crippen MR) is 80.8 cm³/mol. The van der Waals surface area contributed by atoms with E-state index in [0.29, 0.717) is 17.7 Å². The summed E-state index contributed by atoms with van der Waals surface area (Å²) in [6.45, 7) is 16.2. The third-order valence-electron chi connectivity index (χ3n) is 4.64. The molecule has 0 bridgehead atoms. The monoisotopic (exact) mass is 268 g/mol. The van der Waals surface area contributed by atoms with Crippen LogP contribution in [-0.4, -0.2) is 29.6 Å². The van der Waals surface area contributed by atoms with Gasteiger partial charge in [-0.3, -0.25) is 10.1 Å². The number of amides is 1. The Morgan fingerprint density at radius 3 is 2.26 bits per heavy atom. The zero-order valence-corrected chi connectivity index (χ0v) is 13.8. The molecule has 3 atom stereocenters. The van der Waals surface area contributed by atoms with Crippen LogP contribution in [0.2, 0.25) is 0 Å².